The van der Waals surface area contributed by atoms with E-state index in [1.165, 1.54) is 12.1 Å². The highest BCUT2D eigenvalue weighted by Gasteiger charge is 2.16. The first-order valence-electron chi connectivity index (χ1n) is 10.8. The van der Waals surface area contributed by atoms with Crippen LogP contribution in [0.25, 0.3) is 0 Å². The van der Waals surface area contributed by atoms with Crippen LogP contribution >= 0.6 is 0 Å². The van der Waals surface area contributed by atoms with Gasteiger partial charge in [-0.1, -0.05) is 48.5 Å². The normalized spacial score (nSPS) is 12.2. The van der Waals surface area contributed by atoms with Crippen molar-refractivity contribution in [3.8, 4) is 5.75 Å². The molecular formula is C25H26F2N2O5S. The summed E-state index contributed by atoms with van der Waals surface area (Å²) in [4.78, 5) is 12.0. The summed E-state index contributed by atoms with van der Waals surface area (Å²) in [7, 11) is -4.32. The quantitative estimate of drug-likeness (QED) is 0.345. The molecule has 0 aromatic heterocycles. The number of carbonyl (C=O) groups excluding carboxylic acids is 1. The lowest BCUT2D eigenvalue weighted by Gasteiger charge is -2.16. The van der Waals surface area contributed by atoms with Crippen LogP contribution in [-0.2, 0) is 34.5 Å². The molecule has 0 aliphatic heterocycles. The minimum Gasteiger partial charge on any atom is -0.489 e. The summed E-state index contributed by atoms with van der Waals surface area (Å²) in [5.74, 6) is -1.75. The van der Waals surface area contributed by atoms with Gasteiger partial charge < -0.3 is 15.4 Å². The van der Waals surface area contributed by atoms with Crippen molar-refractivity contribution in [3.63, 3.8) is 0 Å². The topological polar surface area (TPSA) is 105 Å². The monoisotopic (exact) mass is 504 g/mol. The van der Waals surface area contributed by atoms with E-state index in [1.807, 2.05) is 0 Å². The van der Waals surface area contributed by atoms with E-state index in [-0.39, 0.29) is 31.2 Å². The number of carbonyl (C=O) groups is 1. The molecule has 186 valence electrons. The molecule has 3 aromatic carbocycles. The SMILES string of the molecule is C[C@@H](NCc1ccc(OCc2ccccc2F)c(Cc2ccccc2F)c1)C(=O)NCS(=O)(=O)O. The van der Waals surface area contributed by atoms with Gasteiger partial charge in [0.1, 0.15) is 29.9 Å². The molecular weight excluding hydrogens is 478 g/mol. The minimum atomic E-state index is -4.32. The average Bonchev–Trinajstić information content (AvgIpc) is 2.82. The molecule has 0 aliphatic rings. The molecule has 1 atom stereocenters. The van der Waals surface area contributed by atoms with Crippen LogP contribution in [-0.4, -0.2) is 30.8 Å². The summed E-state index contributed by atoms with van der Waals surface area (Å²) in [6.07, 6.45) is 0.234. The second kappa shape index (κ2) is 11.9. The molecule has 7 nitrogen and oxygen atoms in total. The summed E-state index contributed by atoms with van der Waals surface area (Å²) in [6, 6.07) is 17.2. The molecule has 3 aromatic rings. The number of ether oxygens (including phenoxy) is 1. The molecule has 35 heavy (non-hydrogen) atoms. The summed E-state index contributed by atoms with van der Waals surface area (Å²) in [5.41, 5.74) is 2.30. The Morgan fingerprint density at radius 2 is 1.60 bits per heavy atom. The van der Waals surface area contributed by atoms with E-state index in [2.05, 4.69) is 10.6 Å². The molecule has 0 unspecified atom stereocenters. The third-order valence-electron chi connectivity index (χ3n) is 5.24. The van der Waals surface area contributed by atoms with Crippen molar-refractivity contribution in [2.24, 2.45) is 0 Å². The van der Waals surface area contributed by atoms with E-state index >= 15 is 0 Å². The van der Waals surface area contributed by atoms with Gasteiger partial charge in [-0.25, -0.2) is 8.78 Å². The molecule has 0 fully saturated rings. The Hall–Kier alpha value is -3.34. The van der Waals surface area contributed by atoms with E-state index in [0.717, 1.165) is 5.56 Å². The van der Waals surface area contributed by atoms with Crippen LogP contribution in [0.15, 0.2) is 66.7 Å². The van der Waals surface area contributed by atoms with E-state index < -0.39 is 27.9 Å². The van der Waals surface area contributed by atoms with Gasteiger partial charge in [0.25, 0.3) is 10.1 Å². The fourth-order valence-corrected chi connectivity index (χ4v) is 3.64. The largest absolute Gasteiger partial charge is 0.489 e. The minimum absolute atomic E-state index is 0.000484. The molecule has 10 heteroatoms. The van der Waals surface area contributed by atoms with Gasteiger partial charge in [-0.2, -0.15) is 8.42 Å². The van der Waals surface area contributed by atoms with Crippen molar-refractivity contribution in [1.82, 2.24) is 10.6 Å². The van der Waals surface area contributed by atoms with Crippen molar-refractivity contribution in [1.29, 1.82) is 0 Å². The molecule has 3 N–H and O–H groups in total. The fourth-order valence-electron chi connectivity index (χ4n) is 3.32. The van der Waals surface area contributed by atoms with Gasteiger partial charge >= 0.3 is 0 Å². The molecule has 0 bridgehead atoms. The lowest BCUT2D eigenvalue weighted by atomic mass is 10.0. The molecule has 3 rings (SSSR count). The Morgan fingerprint density at radius 1 is 0.971 bits per heavy atom. The van der Waals surface area contributed by atoms with Gasteiger partial charge in [-0.05, 0) is 41.8 Å². The predicted octanol–water partition coefficient (Wildman–Crippen LogP) is 3.57. The number of benzene rings is 3. The first-order valence-corrected chi connectivity index (χ1v) is 12.4. The van der Waals surface area contributed by atoms with Gasteiger partial charge in [-0.15, -0.1) is 0 Å². The summed E-state index contributed by atoms with van der Waals surface area (Å²) >= 11 is 0. The molecule has 0 aliphatic carbocycles. The van der Waals surface area contributed by atoms with Crippen LogP contribution in [0.4, 0.5) is 8.78 Å². The number of hydrogen-bond acceptors (Lipinski definition) is 5. The summed E-state index contributed by atoms with van der Waals surface area (Å²) < 4.78 is 64.5. The van der Waals surface area contributed by atoms with Crippen LogP contribution < -0.4 is 15.4 Å². The van der Waals surface area contributed by atoms with E-state index in [0.29, 0.717) is 22.4 Å². The number of nitrogens with one attached hydrogen (secondary N) is 2. The van der Waals surface area contributed by atoms with Gasteiger partial charge in [-0.3, -0.25) is 9.35 Å². The van der Waals surface area contributed by atoms with Crippen molar-refractivity contribution < 1.29 is 31.3 Å². The maximum atomic E-state index is 14.3. The van der Waals surface area contributed by atoms with Gasteiger partial charge in [0.2, 0.25) is 5.91 Å². The molecule has 0 saturated carbocycles. The standard InChI is InChI=1S/C25H26F2N2O5S/c1-17(25(30)29-16-35(31,32)33)28-14-18-10-11-24(34-15-20-7-3-5-9-23(20)27)21(12-18)13-19-6-2-4-8-22(19)26/h2-12,17,28H,13-16H2,1H3,(H,29,30)(H,31,32,33)/t17-/m1/s1. The van der Waals surface area contributed by atoms with E-state index in [1.54, 1.807) is 61.5 Å². The molecule has 1 amide bonds. The Morgan fingerprint density at radius 3 is 2.23 bits per heavy atom. The Balaban J connectivity index is 1.75. The first-order chi connectivity index (χ1) is 16.6. The molecule has 0 radical (unpaired) electrons. The maximum Gasteiger partial charge on any atom is 0.283 e. The van der Waals surface area contributed by atoms with Crippen LogP contribution in [0.5, 0.6) is 5.75 Å². The summed E-state index contributed by atoms with van der Waals surface area (Å²) in [6.45, 7) is 1.79. The Labute approximate surface area is 202 Å². The van der Waals surface area contributed by atoms with Gasteiger partial charge in [0, 0.05) is 18.5 Å². The zero-order valence-corrected chi connectivity index (χ0v) is 19.8. The van der Waals surface area contributed by atoms with Crippen LogP contribution in [0.2, 0.25) is 0 Å². The highest BCUT2D eigenvalue weighted by Crippen LogP contribution is 2.26. The van der Waals surface area contributed by atoms with Crippen molar-refractivity contribution in [3.05, 3.63) is 101 Å². The van der Waals surface area contributed by atoms with Crippen molar-refractivity contribution in [2.75, 3.05) is 5.88 Å². The van der Waals surface area contributed by atoms with Crippen LogP contribution in [0.1, 0.15) is 29.2 Å². The smallest absolute Gasteiger partial charge is 0.283 e. The van der Waals surface area contributed by atoms with Crippen molar-refractivity contribution in [2.45, 2.75) is 32.5 Å². The number of halogens is 2. The first kappa shape index (κ1) is 26.3. The zero-order chi connectivity index (χ0) is 25.4. The third-order valence-corrected chi connectivity index (χ3v) is 5.75. The lowest BCUT2D eigenvalue weighted by molar-refractivity contribution is -0.122. The summed E-state index contributed by atoms with van der Waals surface area (Å²) in [5, 5.41) is 5.09. The Kier molecular flexibility index (Phi) is 8.91. The second-order valence-corrected chi connectivity index (χ2v) is 9.41. The lowest BCUT2D eigenvalue weighted by Crippen LogP contribution is -2.43. The third kappa shape index (κ3) is 8.13. The number of rotatable bonds is 11. The van der Waals surface area contributed by atoms with Gasteiger partial charge in [0.15, 0.2) is 0 Å². The van der Waals surface area contributed by atoms with E-state index in [4.69, 9.17) is 9.29 Å². The number of amides is 1. The maximum absolute atomic E-state index is 14.3. The molecule has 0 saturated heterocycles. The second-order valence-electron chi connectivity index (χ2n) is 7.96. The fraction of sp³-hybridized carbons (Fsp3) is 0.240. The highest BCUT2D eigenvalue weighted by atomic mass is 32.2. The average molecular weight is 505 g/mol. The van der Waals surface area contributed by atoms with E-state index in [9.17, 15) is 22.0 Å². The number of hydrogen-bond donors (Lipinski definition) is 3. The highest BCUT2D eigenvalue weighted by molar-refractivity contribution is 7.85. The molecule has 0 spiro atoms. The van der Waals surface area contributed by atoms with Crippen molar-refractivity contribution >= 4 is 16.0 Å². The Bertz CT molecular complexity index is 1280. The zero-order valence-electron chi connectivity index (χ0n) is 19.0. The predicted molar refractivity (Wildman–Crippen MR) is 127 cm³/mol. The van der Waals surface area contributed by atoms with Crippen LogP contribution in [0.3, 0.4) is 0 Å². The van der Waals surface area contributed by atoms with Gasteiger partial charge in [0.05, 0.1) is 6.04 Å². The molecule has 0 heterocycles. The van der Waals surface area contributed by atoms with Crippen LogP contribution in [0, 0.1) is 11.6 Å².